The predicted molar refractivity (Wildman–Crippen MR) is 136 cm³/mol. The van der Waals surface area contributed by atoms with Crippen molar-refractivity contribution in [1.82, 2.24) is 4.98 Å². The Balaban J connectivity index is 0.00000259. The van der Waals surface area contributed by atoms with E-state index in [1.807, 2.05) is 6.07 Å². The number of rotatable bonds is 6. The van der Waals surface area contributed by atoms with Crippen LogP contribution in [0.25, 0.3) is 10.6 Å². The molecule has 1 heterocycles. The molecule has 4 aromatic carbocycles. The number of benzene rings is 4. The van der Waals surface area contributed by atoms with Gasteiger partial charge in [0.25, 0.3) is 0 Å². The van der Waals surface area contributed by atoms with Crippen molar-refractivity contribution in [2.24, 2.45) is 0 Å². The molecule has 1 nitrogen and oxygen atoms in total. The maximum Gasteiger partial charge on any atom is 0.123 e. The van der Waals surface area contributed by atoms with Crippen LogP contribution in [-0.4, -0.2) is 4.98 Å². The lowest BCUT2D eigenvalue weighted by molar-refractivity contribution is -0.00000682. The fourth-order valence-corrected chi connectivity index (χ4v) is 9.22. The standard InChI is InChI=1S/C28H22FNPS.HI/c29-23-12-10-11-22(19-23)28-30-24(21-32-28)20-31(25-13-4-1-5-14-25,26-15-6-2-7-16-26)27-17-8-3-9-18-27;/h1-19,21H,20H2;1H/q+1;/p-1. The minimum absolute atomic E-state index is 0. The highest BCUT2D eigenvalue weighted by molar-refractivity contribution is 7.95. The van der Waals surface area contributed by atoms with Gasteiger partial charge in [0, 0.05) is 10.9 Å². The first-order valence-electron chi connectivity index (χ1n) is 10.5. The van der Waals surface area contributed by atoms with Gasteiger partial charge in [0.05, 0.1) is 5.69 Å². The van der Waals surface area contributed by atoms with Crippen molar-refractivity contribution in [2.45, 2.75) is 6.16 Å². The molecule has 0 unspecified atom stereocenters. The van der Waals surface area contributed by atoms with Gasteiger partial charge >= 0.3 is 0 Å². The number of halogens is 2. The van der Waals surface area contributed by atoms with E-state index in [9.17, 15) is 4.39 Å². The molecule has 0 N–H and O–H groups in total. The second kappa shape index (κ2) is 10.7. The Labute approximate surface area is 215 Å². The molecule has 0 aliphatic heterocycles. The summed E-state index contributed by atoms with van der Waals surface area (Å²) >= 11 is 1.58. The van der Waals surface area contributed by atoms with E-state index in [4.69, 9.17) is 4.98 Å². The zero-order chi connectivity index (χ0) is 21.8. The molecule has 0 saturated heterocycles. The molecule has 0 aliphatic carbocycles. The summed E-state index contributed by atoms with van der Waals surface area (Å²) in [6, 6.07) is 39.1. The van der Waals surface area contributed by atoms with Crippen LogP contribution in [0.2, 0.25) is 0 Å². The number of hydrogen-bond donors (Lipinski definition) is 0. The Morgan fingerprint density at radius 2 is 1.18 bits per heavy atom. The molecule has 0 bridgehead atoms. The van der Waals surface area contributed by atoms with E-state index in [1.54, 1.807) is 23.5 Å². The average Bonchev–Trinajstić information content (AvgIpc) is 3.33. The van der Waals surface area contributed by atoms with E-state index in [0.29, 0.717) is 0 Å². The summed E-state index contributed by atoms with van der Waals surface area (Å²) in [7, 11) is -1.99. The van der Waals surface area contributed by atoms with E-state index in [1.165, 1.54) is 22.0 Å². The number of nitrogens with zero attached hydrogens (tertiary/aromatic N) is 1. The Morgan fingerprint density at radius 3 is 1.67 bits per heavy atom. The van der Waals surface area contributed by atoms with Crippen LogP contribution in [0.1, 0.15) is 5.69 Å². The molecule has 1 aromatic heterocycles. The molecular formula is C28H22FINPS. The van der Waals surface area contributed by atoms with Crippen LogP contribution >= 0.6 is 18.6 Å². The van der Waals surface area contributed by atoms with Crippen molar-refractivity contribution in [3.8, 4) is 10.6 Å². The van der Waals surface area contributed by atoms with Crippen LogP contribution in [0, 0.1) is 5.82 Å². The summed E-state index contributed by atoms with van der Waals surface area (Å²) < 4.78 is 13.8. The molecule has 0 amide bonds. The van der Waals surface area contributed by atoms with Crippen molar-refractivity contribution in [3.05, 3.63) is 132 Å². The van der Waals surface area contributed by atoms with Crippen molar-refractivity contribution < 1.29 is 28.4 Å². The average molecular weight is 581 g/mol. The van der Waals surface area contributed by atoms with Crippen LogP contribution in [0.15, 0.2) is 121 Å². The summed E-state index contributed by atoms with van der Waals surface area (Å²) in [5.41, 5.74) is 1.86. The highest BCUT2D eigenvalue weighted by atomic mass is 127. The third kappa shape index (κ3) is 4.93. The van der Waals surface area contributed by atoms with E-state index in [-0.39, 0.29) is 29.8 Å². The van der Waals surface area contributed by atoms with Gasteiger partial charge < -0.3 is 24.0 Å². The maximum absolute atomic E-state index is 13.8. The van der Waals surface area contributed by atoms with Gasteiger partial charge in [0.1, 0.15) is 40.2 Å². The van der Waals surface area contributed by atoms with E-state index < -0.39 is 7.26 Å². The third-order valence-electron chi connectivity index (χ3n) is 5.61. The van der Waals surface area contributed by atoms with Gasteiger partial charge in [0.15, 0.2) is 0 Å². The molecule has 0 aliphatic rings. The molecular weight excluding hydrogens is 559 g/mol. The van der Waals surface area contributed by atoms with E-state index in [2.05, 4.69) is 96.4 Å². The summed E-state index contributed by atoms with van der Waals surface area (Å²) in [5.74, 6) is -0.237. The first-order chi connectivity index (χ1) is 15.8. The first kappa shape index (κ1) is 23.7. The molecule has 0 fully saturated rings. The number of aromatic nitrogens is 1. The first-order valence-corrected chi connectivity index (χ1v) is 13.4. The predicted octanol–water partition coefficient (Wildman–Crippen LogP) is 3.45. The topological polar surface area (TPSA) is 12.9 Å². The smallest absolute Gasteiger partial charge is 0.123 e. The summed E-state index contributed by atoms with van der Waals surface area (Å²) in [4.78, 5) is 4.96. The molecule has 0 radical (unpaired) electrons. The zero-order valence-electron chi connectivity index (χ0n) is 17.8. The van der Waals surface area contributed by atoms with Crippen LogP contribution in [0.4, 0.5) is 4.39 Å². The molecule has 5 aromatic rings. The van der Waals surface area contributed by atoms with Crippen molar-refractivity contribution >= 4 is 34.5 Å². The van der Waals surface area contributed by atoms with Crippen LogP contribution < -0.4 is 39.9 Å². The van der Waals surface area contributed by atoms with Crippen molar-refractivity contribution in [1.29, 1.82) is 0 Å². The summed E-state index contributed by atoms with van der Waals surface area (Å²) in [6.45, 7) is 0. The Morgan fingerprint density at radius 1 is 0.667 bits per heavy atom. The zero-order valence-corrected chi connectivity index (χ0v) is 21.7. The summed E-state index contributed by atoms with van der Waals surface area (Å²) in [6.07, 6.45) is 0.816. The highest BCUT2D eigenvalue weighted by Crippen LogP contribution is 2.58. The fraction of sp³-hybridized carbons (Fsp3) is 0.0357. The number of hydrogen-bond acceptors (Lipinski definition) is 2. The van der Waals surface area contributed by atoms with Gasteiger partial charge in [-0.05, 0) is 48.5 Å². The quantitative estimate of drug-likeness (QED) is 0.221. The third-order valence-corrected chi connectivity index (χ3v) is 10.9. The molecule has 5 heteroatoms. The van der Waals surface area contributed by atoms with Crippen LogP contribution in [0.5, 0.6) is 0 Å². The monoisotopic (exact) mass is 581 g/mol. The van der Waals surface area contributed by atoms with Gasteiger partial charge in [-0.25, -0.2) is 9.37 Å². The lowest BCUT2D eigenvalue weighted by Gasteiger charge is -2.27. The van der Waals surface area contributed by atoms with Gasteiger partial charge in [-0.15, -0.1) is 11.3 Å². The van der Waals surface area contributed by atoms with Crippen LogP contribution in [-0.2, 0) is 6.16 Å². The largest absolute Gasteiger partial charge is 1.00 e. The van der Waals surface area contributed by atoms with E-state index >= 15 is 0 Å². The Kier molecular flexibility index (Phi) is 7.69. The van der Waals surface area contributed by atoms with Gasteiger partial charge in [-0.2, -0.15) is 0 Å². The van der Waals surface area contributed by atoms with Crippen molar-refractivity contribution in [3.63, 3.8) is 0 Å². The maximum atomic E-state index is 13.8. The molecule has 33 heavy (non-hydrogen) atoms. The van der Waals surface area contributed by atoms with Crippen molar-refractivity contribution in [2.75, 3.05) is 0 Å². The minimum Gasteiger partial charge on any atom is -1.00 e. The Hall–Kier alpha value is -2.40. The molecule has 164 valence electrons. The van der Waals surface area contributed by atoms with Gasteiger partial charge in [-0.1, -0.05) is 66.7 Å². The normalized spacial score (nSPS) is 11.1. The fourth-order valence-electron chi connectivity index (χ4n) is 4.15. The molecule has 0 saturated carbocycles. The van der Waals surface area contributed by atoms with Gasteiger partial charge in [-0.3, -0.25) is 0 Å². The molecule has 0 atom stereocenters. The molecule has 5 rings (SSSR count). The minimum atomic E-state index is -1.99. The van der Waals surface area contributed by atoms with Crippen LogP contribution in [0.3, 0.4) is 0 Å². The second-order valence-corrected chi connectivity index (χ2v) is 12.0. The van der Waals surface area contributed by atoms with E-state index in [0.717, 1.165) is 22.4 Å². The summed E-state index contributed by atoms with van der Waals surface area (Å²) in [5, 5.41) is 6.98. The lowest BCUT2D eigenvalue weighted by atomic mass is 10.2. The number of thiazole rings is 1. The second-order valence-electron chi connectivity index (χ2n) is 7.63. The van der Waals surface area contributed by atoms with Gasteiger partial charge in [0.2, 0.25) is 0 Å². The SMILES string of the molecule is Fc1cccc(-c2nc(C[P+](c3ccccc3)(c3ccccc3)c3ccccc3)cs2)c1.[I-]. The highest BCUT2D eigenvalue weighted by Gasteiger charge is 2.46. The lowest BCUT2D eigenvalue weighted by Crippen LogP contribution is -3.00. The molecule has 0 spiro atoms. The Bertz CT molecular complexity index is 1210.